The number of ether oxygens (including phenoxy) is 1. The Balaban J connectivity index is 3.59. The van der Waals surface area contributed by atoms with E-state index in [9.17, 15) is 15.0 Å². The zero-order valence-electron chi connectivity index (χ0n) is 30.0. The molecule has 0 aliphatic carbocycles. The minimum atomic E-state index is -0.599. The average Bonchev–Trinajstić information content (AvgIpc) is 3.02. The summed E-state index contributed by atoms with van der Waals surface area (Å²) in [5.74, 6) is 0.0555. The van der Waals surface area contributed by atoms with E-state index in [1.54, 1.807) is 4.90 Å². The highest BCUT2D eigenvalue weighted by Crippen LogP contribution is 2.15. The van der Waals surface area contributed by atoms with Crippen molar-refractivity contribution < 1.29 is 19.7 Å². The van der Waals surface area contributed by atoms with E-state index in [0.29, 0.717) is 32.5 Å². The van der Waals surface area contributed by atoms with Crippen molar-refractivity contribution in [2.75, 3.05) is 32.9 Å². The average molecular weight is 626 g/mol. The molecule has 0 saturated carbocycles. The summed E-state index contributed by atoms with van der Waals surface area (Å²) in [4.78, 5) is 14.3. The molecule has 1 amide bonds. The van der Waals surface area contributed by atoms with Crippen LogP contribution < -0.4 is 0 Å². The van der Waals surface area contributed by atoms with Crippen molar-refractivity contribution in [3.8, 4) is 0 Å². The van der Waals surface area contributed by atoms with Crippen LogP contribution in [-0.4, -0.2) is 60.0 Å². The first-order valence-electron chi connectivity index (χ1n) is 19.8. The van der Waals surface area contributed by atoms with Gasteiger partial charge in [-0.2, -0.15) is 0 Å². The van der Waals surface area contributed by atoms with Gasteiger partial charge in [0.05, 0.1) is 12.7 Å². The zero-order chi connectivity index (χ0) is 32.2. The molecule has 0 heterocycles. The molecular weight excluding hydrogens is 546 g/mol. The smallest absolute Gasteiger partial charge is 0.222 e. The van der Waals surface area contributed by atoms with Gasteiger partial charge in [0.2, 0.25) is 5.91 Å². The third-order valence-electron chi connectivity index (χ3n) is 9.14. The van der Waals surface area contributed by atoms with Crippen molar-refractivity contribution in [3.05, 3.63) is 0 Å². The molecule has 1 atom stereocenters. The highest BCUT2D eigenvalue weighted by molar-refractivity contribution is 5.76. The summed E-state index contributed by atoms with van der Waals surface area (Å²) in [6, 6.07) is 0. The van der Waals surface area contributed by atoms with Crippen LogP contribution in [0.3, 0.4) is 0 Å². The van der Waals surface area contributed by atoms with Gasteiger partial charge in [-0.05, 0) is 19.3 Å². The van der Waals surface area contributed by atoms with E-state index in [2.05, 4.69) is 13.8 Å². The number of hydrogen-bond acceptors (Lipinski definition) is 4. The van der Waals surface area contributed by atoms with Gasteiger partial charge in [-0.1, -0.05) is 181 Å². The molecule has 0 radical (unpaired) electrons. The van der Waals surface area contributed by atoms with Gasteiger partial charge in [-0.15, -0.1) is 0 Å². The third kappa shape index (κ3) is 32.7. The number of unbranched alkanes of at least 4 members (excludes halogenated alkanes) is 26. The lowest BCUT2D eigenvalue weighted by Crippen LogP contribution is -2.39. The summed E-state index contributed by atoms with van der Waals surface area (Å²) in [5, 5.41) is 19.9. The summed E-state index contributed by atoms with van der Waals surface area (Å²) >= 11 is 0. The first-order valence-corrected chi connectivity index (χ1v) is 19.8. The Labute approximate surface area is 275 Å². The fourth-order valence-corrected chi connectivity index (χ4v) is 6.13. The van der Waals surface area contributed by atoms with Crippen LogP contribution >= 0.6 is 0 Å². The number of aliphatic hydroxyl groups excluding tert-OH is 2. The Kier molecular flexibility index (Phi) is 36.3. The number of nitrogens with zero attached hydrogens (tertiary/aromatic N) is 1. The van der Waals surface area contributed by atoms with Crippen LogP contribution in [0.5, 0.6) is 0 Å². The van der Waals surface area contributed by atoms with Gasteiger partial charge in [-0.25, -0.2) is 0 Å². The quantitative estimate of drug-likeness (QED) is 0.0674. The van der Waals surface area contributed by atoms with Crippen LogP contribution in [-0.2, 0) is 9.53 Å². The van der Waals surface area contributed by atoms with Gasteiger partial charge >= 0.3 is 0 Å². The fraction of sp³-hybridized carbons (Fsp3) is 0.974. The Bertz CT molecular complexity index is 558. The largest absolute Gasteiger partial charge is 0.395 e. The van der Waals surface area contributed by atoms with Crippen molar-refractivity contribution in [2.45, 2.75) is 213 Å². The number of carbonyl (C=O) groups excluding carboxylic acids is 1. The second-order valence-electron chi connectivity index (χ2n) is 13.6. The van der Waals surface area contributed by atoms with Gasteiger partial charge < -0.3 is 19.8 Å². The SMILES string of the molecule is CCCCCCCCCCCCCCCCCOCCC(O)CN(CCO)C(=O)CCCCCCCCCCCCCCC. The maximum atomic E-state index is 12.7. The van der Waals surface area contributed by atoms with Crippen LogP contribution in [0.25, 0.3) is 0 Å². The van der Waals surface area contributed by atoms with E-state index in [1.165, 1.54) is 161 Å². The van der Waals surface area contributed by atoms with Gasteiger partial charge in [-0.3, -0.25) is 4.79 Å². The Morgan fingerprint density at radius 1 is 0.545 bits per heavy atom. The van der Waals surface area contributed by atoms with Crippen molar-refractivity contribution in [1.29, 1.82) is 0 Å². The molecule has 0 rings (SSSR count). The highest BCUT2D eigenvalue weighted by Gasteiger charge is 2.17. The molecule has 0 spiro atoms. The van der Waals surface area contributed by atoms with E-state index in [4.69, 9.17) is 4.74 Å². The normalized spacial score (nSPS) is 12.2. The minimum absolute atomic E-state index is 0.0555. The van der Waals surface area contributed by atoms with Crippen molar-refractivity contribution >= 4 is 5.91 Å². The number of carbonyl (C=O) groups is 1. The molecule has 0 aromatic rings. The van der Waals surface area contributed by atoms with Crippen molar-refractivity contribution in [3.63, 3.8) is 0 Å². The molecule has 0 aliphatic rings. The lowest BCUT2D eigenvalue weighted by molar-refractivity contribution is -0.133. The second kappa shape index (κ2) is 36.8. The topological polar surface area (TPSA) is 70.0 Å². The third-order valence-corrected chi connectivity index (χ3v) is 9.14. The standard InChI is InChI=1S/C39H79NO4/c1-3-5-7-9-11-13-15-17-18-20-22-24-26-28-30-35-44-36-32-38(42)37-40(33-34-41)39(43)31-29-27-25-23-21-19-16-14-12-10-8-6-4-2/h38,41-42H,3-37H2,1-2H3. The lowest BCUT2D eigenvalue weighted by Gasteiger charge is -2.24. The van der Waals surface area contributed by atoms with Crippen LogP contribution in [0.4, 0.5) is 0 Å². The first-order chi connectivity index (χ1) is 21.7. The molecule has 2 N–H and O–H groups in total. The minimum Gasteiger partial charge on any atom is -0.395 e. The maximum Gasteiger partial charge on any atom is 0.222 e. The molecule has 5 nitrogen and oxygen atoms in total. The van der Waals surface area contributed by atoms with E-state index < -0.39 is 6.10 Å². The van der Waals surface area contributed by atoms with Crippen LogP contribution in [0.15, 0.2) is 0 Å². The van der Waals surface area contributed by atoms with E-state index in [0.717, 1.165) is 25.9 Å². The molecule has 264 valence electrons. The predicted octanol–water partition coefficient (Wildman–Crippen LogP) is 10.9. The molecule has 0 aliphatic heterocycles. The van der Waals surface area contributed by atoms with Crippen molar-refractivity contribution in [2.24, 2.45) is 0 Å². The van der Waals surface area contributed by atoms with Gasteiger partial charge in [0.25, 0.3) is 0 Å². The van der Waals surface area contributed by atoms with Gasteiger partial charge in [0.15, 0.2) is 0 Å². The molecule has 0 aromatic carbocycles. The summed E-state index contributed by atoms with van der Waals surface area (Å²) < 4.78 is 5.76. The Morgan fingerprint density at radius 3 is 1.30 bits per heavy atom. The van der Waals surface area contributed by atoms with Crippen LogP contribution in [0, 0.1) is 0 Å². The fourth-order valence-electron chi connectivity index (χ4n) is 6.13. The molecule has 0 bridgehead atoms. The molecule has 0 aromatic heterocycles. The summed E-state index contributed by atoms with van der Waals surface area (Å²) in [6.45, 7) is 6.36. The molecule has 5 heteroatoms. The number of aliphatic hydroxyl groups is 2. The van der Waals surface area contributed by atoms with Gasteiger partial charge in [0.1, 0.15) is 0 Å². The van der Waals surface area contributed by atoms with Crippen LogP contribution in [0.1, 0.15) is 206 Å². The summed E-state index contributed by atoms with van der Waals surface area (Å²) in [7, 11) is 0. The molecule has 0 fully saturated rings. The van der Waals surface area contributed by atoms with E-state index >= 15 is 0 Å². The predicted molar refractivity (Wildman–Crippen MR) is 190 cm³/mol. The molecule has 44 heavy (non-hydrogen) atoms. The van der Waals surface area contributed by atoms with Crippen LogP contribution in [0.2, 0.25) is 0 Å². The van der Waals surface area contributed by atoms with Crippen molar-refractivity contribution in [1.82, 2.24) is 4.90 Å². The number of hydrogen-bond donors (Lipinski definition) is 2. The number of amides is 1. The maximum absolute atomic E-state index is 12.7. The van der Waals surface area contributed by atoms with E-state index in [1.807, 2.05) is 0 Å². The summed E-state index contributed by atoms with van der Waals surface area (Å²) in [5.41, 5.74) is 0. The second-order valence-corrected chi connectivity index (χ2v) is 13.6. The summed E-state index contributed by atoms with van der Waals surface area (Å²) in [6.07, 6.45) is 37.6. The molecule has 0 saturated heterocycles. The highest BCUT2D eigenvalue weighted by atomic mass is 16.5. The first kappa shape index (κ1) is 43.4. The Morgan fingerprint density at radius 2 is 0.909 bits per heavy atom. The zero-order valence-corrected chi connectivity index (χ0v) is 30.0. The van der Waals surface area contributed by atoms with Gasteiger partial charge in [0, 0.05) is 32.7 Å². The molecular formula is C39H79NO4. The lowest BCUT2D eigenvalue weighted by atomic mass is 10.0. The molecule has 1 unspecified atom stereocenters. The monoisotopic (exact) mass is 626 g/mol. The Hall–Kier alpha value is -0.650. The van der Waals surface area contributed by atoms with E-state index in [-0.39, 0.29) is 12.5 Å². The number of rotatable bonds is 37.